The van der Waals surface area contributed by atoms with Crippen molar-refractivity contribution in [2.24, 2.45) is 0 Å². The highest BCUT2D eigenvalue weighted by Gasteiger charge is 2.68. The van der Waals surface area contributed by atoms with Gasteiger partial charge in [-0.05, 0) is 0 Å². The summed E-state index contributed by atoms with van der Waals surface area (Å²) in [6.07, 6.45) is -23.2. The fourth-order valence-corrected chi connectivity index (χ4v) is 2.21. The van der Waals surface area contributed by atoms with Crippen LogP contribution in [0.3, 0.4) is 0 Å². The van der Waals surface area contributed by atoms with E-state index in [4.69, 9.17) is 9.79 Å². The van der Waals surface area contributed by atoms with Gasteiger partial charge in [-0.1, -0.05) is 0 Å². The molecule has 0 fully saturated rings. The van der Waals surface area contributed by atoms with Gasteiger partial charge in [-0.3, -0.25) is 4.52 Å². The highest BCUT2D eigenvalue weighted by atomic mass is 31.2. The lowest BCUT2D eigenvalue weighted by Gasteiger charge is -2.39. The molecule has 0 aromatic heterocycles. The van der Waals surface area contributed by atoms with E-state index in [1.54, 1.807) is 0 Å². The second-order valence-electron chi connectivity index (χ2n) is 4.55. The average Bonchev–Trinajstić information content (AvgIpc) is 2.22. The van der Waals surface area contributed by atoms with Crippen LogP contribution in [0.5, 0.6) is 0 Å². The lowest BCUT2D eigenvalue weighted by molar-refractivity contribution is -0.304. The Kier molecular flexibility index (Phi) is 6.73. The topological polar surface area (TPSA) is 66.8 Å². The molecule has 2 N–H and O–H groups in total. The van der Waals surface area contributed by atoms with Crippen LogP contribution in [0.1, 0.15) is 12.8 Å². The van der Waals surface area contributed by atoms with Gasteiger partial charge in [-0.25, -0.2) is 39.7 Å². The molecule has 24 heavy (non-hydrogen) atoms. The summed E-state index contributed by atoms with van der Waals surface area (Å²) in [6, 6.07) is 0. The standard InChI is InChI=1S/C8H8F11O4P/c9-3(10)6(13,14)1-5(8(17,18)19,23-24(20,21)22)2-7(15,16)4(11)12/h3-4H,1-2H2,(H2,20,21,22). The van der Waals surface area contributed by atoms with Crippen molar-refractivity contribution >= 4 is 7.82 Å². The van der Waals surface area contributed by atoms with Crippen LogP contribution in [0.25, 0.3) is 0 Å². The predicted octanol–water partition coefficient (Wildman–Crippen LogP) is 3.98. The first-order chi connectivity index (χ1) is 10.3. The van der Waals surface area contributed by atoms with Gasteiger partial charge in [0.25, 0.3) is 0 Å². The Morgan fingerprint density at radius 2 is 1.08 bits per heavy atom. The molecule has 0 rings (SSSR count). The number of halogens is 11. The Morgan fingerprint density at radius 1 is 0.792 bits per heavy atom. The van der Waals surface area contributed by atoms with E-state index < -0.39 is 57.1 Å². The van der Waals surface area contributed by atoms with Crippen LogP contribution in [0.4, 0.5) is 48.3 Å². The van der Waals surface area contributed by atoms with Crippen LogP contribution in [0, 0.1) is 0 Å². The van der Waals surface area contributed by atoms with Gasteiger partial charge in [0.2, 0.25) is 0 Å². The van der Waals surface area contributed by atoms with E-state index in [0.29, 0.717) is 0 Å². The predicted molar refractivity (Wildman–Crippen MR) is 53.1 cm³/mol. The molecule has 0 aromatic rings. The summed E-state index contributed by atoms with van der Waals surface area (Å²) in [4.78, 5) is 16.6. The van der Waals surface area contributed by atoms with Crippen molar-refractivity contribution in [1.82, 2.24) is 0 Å². The summed E-state index contributed by atoms with van der Waals surface area (Å²) in [5, 5.41) is 0. The monoisotopic (exact) mass is 408 g/mol. The van der Waals surface area contributed by atoms with E-state index >= 15 is 0 Å². The first-order valence-corrected chi connectivity index (χ1v) is 6.94. The molecule has 4 nitrogen and oxygen atoms in total. The van der Waals surface area contributed by atoms with Crippen LogP contribution < -0.4 is 0 Å². The molecule has 0 saturated heterocycles. The number of phosphoric ester groups is 1. The van der Waals surface area contributed by atoms with E-state index in [2.05, 4.69) is 4.52 Å². The normalized spacial score (nSPS) is 15.5. The van der Waals surface area contributed by atoms with E-state index in [1.807, 2.05) is 0 Å². The molecule has 0 atom stereocenters. The third-order valence-electron chi connectivity index (χ3n) is 2.49. The van der Waals surface area contributed by atoms with E-state index in [0.717, 1.165) is 0 Å². The van der Waals surface area contributed by atoms with Crippen molar-refractivity contribution in [1.29, 1.82) is 0 Å². The summed E-state index contributed by atoms with van der Waals surface area (Å²) in [5.74, 6) is -11.5. The number of phosphoric acid groups is 1. The molecular formula is C8H8F11O4P. The van der Waals surface area contributed by atoms with Gasteiger partial charge in [0, 0.05) is 0 Å². The highest BCUT2D eigenvalue weighted by Crippen LogP contribution is 2.56. The number of rotatable bonds is 8. The van der Waals surface area contributed by atoms with Gasteiger partial charge in [0.1, 0.15) is 0 Å². The van der Waals surface area contributed by atoms with Crippen molar-refractivity contribution in [3.8, 4) is 0 Å². The van der Waals surface area contributed by atoms with Crippen molar-refractivity contribution < 1.29 is 67.2 Å². The van der Waals surface area contributed by atoms with Gasteiger partial charge < -0.3 is 9.79 Å². The molecule has 0 radical (unpaired) electrons. The molecule has 0 saturated carbocycles. The Hall–Kier alpha value is -0.660. The molecule has 0 aromatic carbocycles. The molecule has 0 aliphatic heterocycles. The minimum absolute atomic E-state index is 2.88. The fourth-order valence-electron chi connectivity index (χ4n) is 1.52. The van der Waals surface area contributed by atoms with Gasteiger partial charge in [0.15, 0.2) is 5.60 Å². The van der Waals surface area contributed by atoms with Crippen molar-refractivity contribution in [3.63, 3.8) is 0 Å². The van der Waals surface area contributed by atoms with E-state index in [-0.39, 0.29) is 0 Å². The molecule has 0 amide bonds. The third kappa shape index (κ3) is 6.01. The van der Waals surface area contributed by atoms with Crippen molar-refractivity contribution in [2.75, 3.05) is 0 Å². The van der Waals surface area contributed by atoms with E-state index in [9.17, 15) is 52.9 Å². The SMILES string of the molecule is O=P(O)(O)OC(CC(F)(F)C(F)F)(CC(F)(F)C(F)F)C(F)(F)F. The van der Waals surface area contributed by atoms with Crippen LogP contribution in [0.15, 0.2) is 0 Å². The molecule has 0 aliphatic carbocycles. The summed E-state index contributed by atoms with van der Waals surface area (Å²) < 4.78 is 152. The van der Waals surface area contributed by atoms with Crippen LogP contribution in [-0.4, -0.2) is 46.3 Å². The van der Waals surface area contributed by atoms with Crippen LogP contribution in [0.2, 0.25) is 0 Å². The summed E-state index contributed by atoms with van der Waals surface area (Å²) in [7, 11) is -6.49. The number of alkyl halides is 11. The maximum atomic E-state index is 12.9. The Labute approximate surface area is 125 Å². The maximum Gasteiger partial charge on any atom is 0.470 e. The minimum atomic E-state index is -6.54. The molecule has 0 unspecified atom stereocenters. The zero-order valence-corrected chi connectivity index (χ0v) is 11.8. The quantitative estimate of drug-likeness (QED) is 0.471. The first kappa shape index (κ1) is 23.3. The summed E-state index contributed by atoms with van der Waals surface area (Å²) in [6.45, 7) is 0. The third-order valence-corrected chi connectivity index (χ3v) is 3.08. The molecule has 0 aliphatic rings. The fraction of sp³-hybridized carbons (Fsp3) is 1.00. The van der Waals surface area contributed by atoms with Gasteiger partial charge in [-0.15, -0.1) is 0 Å². The van der Waals surface area contributed by atoms with Crippen molar-refractivity contribution in [2.45, 2.75) is 49.3 Å². The molecular weight excluding hydrogens is 400 g/mol. The smallest absolute Gasteiger partial charge is 0.303 e. The highest BCUT2D eigenvalue weighted by molar-refractivity contribution is 7.46. The molecule has 0 heterocycles. The van der Waals surface area contributed by atoms with E-state index in [1.165, 1.54) is 0 Å². The van der Waals surface area contributed by atoms with Crippen LogP contribution >= 0.6 is 7.82 Å². The lowest BCUT2D eigenvalue weighted by atomic mass is 9.88. The average molecular weight is 408 g/mol. The summed E-state index contributed by atoms with van der Waals surface area (Å²) in [5.41, 5.74) is -5.37. The van der Waals surface area contributed by atoms with Gasteiger partial charge in [0.05, 0.1) is 12.8 Å². The Bertz CT molecular complexity index is 449. The van der Waals surface area contributed by atoms with Gasteiger partial charge in [-0.2, -0.15) is 13.2 Å². The molecule has 0 spiro atoms. The Morgan fingerprint density at radius 3 is 1.25 bits per heavy atom. The van der Waals surface area contributed by atoms with Crippen LogP contribution in [-0.2, 0) is 9.09 Å². The largest absolute Gasteiger partial charge is 0.470 e. The number of hydrogen-bond donors (Lipinski definition) is 2. The molecule has 0 bridgehead atoms. The minimum Gasteiger partial charge on any atom is -0.303 e. The van der Waals surface area contributed by atoms with Gasteiger partial charge >= 0.3 is 38.7 Å². The first-order valence-electron chi connectivity index (χ1n) is 5.41. The second kappa shape index (κ2) is 6.92. The zero-order valence-electron chi connectivity index (χ0n) is 10.9. The second-order valence-corrected chi connectivity index (χ2v) is 5.71. The summed E-state index contributed by atoms with van der Waals surface area (Å²) >= 11 is 0. The zero-order chi connectivity index (χ0) is 19.8. The molecule has 16 heteroatoms. The van der Waals surface area contributed by atoms with Crippen molar-refractivity contribution in [3.05, 3.63) is 0 Å². The maximum absolute atomic E-state index is 12.9. The lowest BCUT2D eigenvalue weighted by Crippen LogP contribution is -2.56. The molecule has 146 valence electrons. The number of hydrogen-bond acceptors (Lipinski definition) is 2. The Balaban J connectivity index is 6.23.